The lowest BCUT2D eigenvalue weighted by Crippen LogP contribution is -2.11. The minimum atomic E-state index is 0.0445. The molecular weight excluding hydrogens is 250 g/mol. The van der Waals surface area contributed by atoms with Crippen LogP contribution >= 0.6 is 0 Å². The van der Waals surface area contributed by atoms with Crippen LogP contribution in [0, 0.1) is 0 Å². The largest absolute Gasteiger partial charge is 0.497 e. The molecule has 1 atom stereocenters. The van der Waals surface area contributed by atoms with Gasteiger partial charge in [0, 0.05) is 6.04 Å². The summed E-state index contributed by atoms with van der Waals surface area (Å²) >= 11 is 0. The Labute approximate surface area is 120 Å². The lowest BCUT2D eigenvalue weighted by Gasteiger charge is -2.12. The predicted molar refractivity (Wildman–Crippen MR) is 81.2 cm³/mol. The summed E-state index contributed by atoms with van der Waals surface area (Å²) in [5, 5.41) is 0. The van der Waals surface area contributed by atoms with Crippen molar-refractivity contribution in [1.82, 2.24) is 0 Å². The minimum Gasteiger partial charge on any atom is -0.497 e. The topological polar surface area (TPSA) is 44.5 Å². The fraction of sp³-hybridized carbons (Fsp3) is 0.294. The van der Waals surface area contributed by atoms with Crippen LogP contribution in [-0.4, -0.2) is 14.2 Å². The van der Waals surface area contributed by atoms with Crippen molar-refractivity contribution < 1.29 is 9.47 Å². The maximum absolute atomic E-state index is 6.22. The molecule has 0 aliphatic carbocycles. The van der Waals surface area contributed by atoms with E-state index in [2.05, 4.69) is 12.1 Å². The zero-order valence-electron chi connectivity index (χ0n) is 12.0. The fourth-order valence-electron chi connectivity index (χ4n) is 2.13. The Balaban J connectivity index is 1.91. The Morgan fingerprint density at radius 2 is 1.35 bits per heavy atom. The third-order valence-electron chi connectivity index (χ3n) is 3.45. The first kappa shape index (κ1) is 14.4. The Morgan fingerprint density at radius 1 is 0.850 bits per heavy atom. The molecule has 0 saturated carbocycles. The zero-order chi connectivity index (χ0) is 14.4. The van der Waals surface area contributed by atoms with Gasteiger partial charge in [-0.3, -0.25) is 0 Å². The van der Waals surface area contributed by atoms with E-state index in [4.69, 9.17) is 15.2 Å². The van der Waals surface area contributed by atoms with Crippen LogP contribution in [0.1, 0.15) is 23.6 Å². The molecule has 0 aliphatic rings. The lowest BCUT2D eigenvalue weighted by atomic mass is 9.99. The van der Waals surface area contributed by atoms with Gasteiger partial charge in [0.2, 0.25) is 0 Å². The molecule has 0 amide bonds. The Bertz CT molecular complexity index is 520. The van der Waals surface area contributed by atoms with E-state index >= 15 is 0 Å². The molecule has 0 spiro atoms. The molecule has 0 bridgehead atoms. The second-order valence-corrected chi connectivity index (χ2v) is 4.77. The fourth-order valence-corrected chi connectivity index (χ4v) is 2.13. The Kier molecular flexibility index (Phi) is 5.02. The molecule has 0 unspecified atom stereocenters. The van der Waals surface area contributed by atoms with Crippen molar-refractivity contribution in [3.63, 3.8) is 0 Å². The average molecular weight is 271 g/mol. The molecule has 0 aliphatic heterocycles. The van der Waals surface area contributed by atoms with Crippen LogP contribution in [0.4, 0.5) is 0 Å². The summed E-state index contributed by atoms with van der Waals surface area (Å²) in [7, 11) is 3.34. The van der Waals surface area contributed by atoms with E-state index in [1.54, 1.807) is 14.2 Å². The van der Waals surface area contributed by atoms with Gasteiger partial charge in [0.05, 0.1) is 14.2 Å². The van der Waals surface area contributed by atoms with Crippen LogP contribution in [0.15, 0.2) is 48.5 Å². The predicted octanol–water partition coefficient (Wildman–Crippen LogP) is 3.34. The SMILES string of the molecule is COc1ccc(CC[C@@H](N)c2ccc(OC)cc2)cc1. The van der Waals surface area contributed by atoms with E-state index in [0.29, 0.717) is 0 Å². The summed E-state index contributed by atoms with van der Waals surface area (Å²) in [6.07, 6.45) is 1.87. The van der Waals surface area contributed by atoms with Crippen LogP contribution in [0.3, 0.4) is 0 Å². The van der Waals surface area contributed by atoms with Gasteiger partial charge in [0.15, 0.2) is 0 Å². The highest BCUT2D eigenvalue weighted by Gasteiger charge is 2.06. The highest BCUT2D eigenvalue weighted by Crippen LogP contribution is 2.20. The van der Waals surface area contributed by atoms with Crippen LogP contribution in [0.2, 0.25) is 0 Å². The van der Waals surface area contributed by atoms with E-state index < -0.39 is 0 Å². The van der Waals surface area contributed by atoms with E-state index in [1.165, 1.54) is 5.56 Å². The van der Waals surface area contributed by atoms with Gasteiger partial charge in [-0.15, -0.1) is 0 Å². The van der Waals surface area contributed by atoms with E-state index in [-0.39, 0.29) is 6.04 Å². The molecule has 2 N–H and O–H groups in total. The van der Waals surface area contributed by atoms with Gasteiger partial charge in [-0.1, -0.05) is 24.3 Å². The molecule has 2 aromatic rings. The maximum atomic E-state index is 6.22. The van der Waals surface area contributed by atoms with Crippen LogP contribution in [-0.2, 0) is 6.42 Å². The number of benzene rings is 2. The molecular formula is C17H21NO2. The summed E-state index contributed by atoms with van der Waals surface area (Å²) < 4.78 is 10.3. The molecule has 3 heteroatoms. The summed E-state index contributed by atoms with van der Waals surface area (Å²) in [6.45, 7) is 0. The lowest BCUT2D eigenvalue weighted by molar-refractivity contribution is 0.414. The molecule has 0 fully saturated rings. The van der Waals surface area contributed by atoms with Crippen molar-refractivity contribution in [1.29, 1.82) is 0 Å². The highest BCUT2D eigenvalue weighted by atomic mass is 16.5. The first-order valence-electron chi connectivity index (χ1n) is 6.75. The zero-order valence-corrected chi connectivity index (χ0v) is 12.0. The molecule has 106 valence electrons. The normalized spacial score (nSPS) is 11.9. The molecule has 2 aromatic carbocycles. The van der Waals surface area contributed by atoms with Gasteiger partial charge in [-0.2, -0.15) is 0 Å². The first-order valence-corrected chi connectivity index (χ1v) is 6.75. The van der Waals surface area contributed by atoms with Crippen LogP contribution in [0.25, 0.3) is 0 Å². The molecule has 0 heterocycles. The van der Waals surface area contributed by atoms with Crippen molar-refractivity contribution in [3.8, 4) is 11.5 Å². The van der Waals surface area contributed by atoms with Gasteiger partial charge in [-0.25, -0.2) is 0 Å². The number of nitrogens with two attached hydrogens (primary N) is 1. The van der Waals surface area contributed by atoms with Crippen molar-refractivity contribution in [2.75, 3.05) is 14.2 Å². The summed E-state index contributed by atoms with van der Waals surface area (Å²) in [5.41, 5.74) is 8.64. The monoisotopic (exact) mass is 271 g/mol. The smallest absolute Gasteiger partial charge is 0.118 e. The Hall–Kier alpha value is -2.00. The van der Waals surface area contributed by atoms with Crippen LogP contribution in [0.5, 0.6) is 11.5 Å². The Morgan fingerprint density at radius 3 is 1.85 bits per heavy atom. The molecule has 20 heavy (non-hydrogen) atoms. The molecule has 0 saturated heterocycles. The molecule has 3 nitrogen and oxygen atoms in total. The van der Waals surface area contributed by atoms with Gasteiger partial charge in [-0.05, 0) is 48.2 Å². The van der Waals surface area contributed by atoms with Gasteiger partial charge >= 0.3 is 0 Å². The van der Waals surface area contributed by atoms with E-state index in [0.717, 1.165) is 29.9 Å². The number of methoxy groups -OCH3 is 2. The number of aryl methyl sites for hydroxylation is 1. The van der Waals surface area contributed by atoms with Crippen molar-refractivity contribution in [3.05, 3.63) is 59.7 Å². The number of hydrogen-bond donors (Lipinski definition) is 1. The number of hydrogen-bond acceptors (Lipinski definition) is 3. The number of rotatable bonds is 6. The van der Waals surface area contributed by atoms with E-state index in [1.807, 2.05) is 36.4 Å². The van der Waals surface area contributed by atoms with Crippen molar-refractivity contribution >= 4 is 0 Å². The average Bonchev–Trinajstić information content (AvgIpc) is 2.53. The third kappa shape index (κ3) is 3.75. The second-order valence-electron chi connectivity index (χ2n) is 4.77. The summed E-state index contributed by atoms with van der Waals surface area (Å²) in [5.74, 6) is 1.74. The second kappa shape index (κ2) is 6.96. The quantitative estimate of drug-likeness (QED) is 0.876. The molecule has 2 rings (SSSR count). The summed E-state index contributed by atoms with van der Waals surface area (Å²) in [6, 6.07) is 16.1. The third-order valence-corrected chi connectivity index (χ3v) is 3.45. The summed E-state index contributed by atoms with van der Waals surface area (Å²) in [4.78, 5) is 0. The van der Waals surface area contributed by atoms with E-state index in [9.17, 15) is 0 Å². The molecule has 0 aromatic heterocycles. The number of ether oxygens (including phenoxy) is 2. The standard InChI is InChI=1S/C17H21NO2/c1-19-15-8-3-13(4-9-15)5-12-17(18)14-6-10-16(20-2)11-7-14/h3-4,6-11,17H,5,12,18H2,1-2H3/t17-/m1/s1. The van der Waals surface area contributed by atoms with Crippen molar-refractivity contribution in [2.24, 2.45) is 5.73 Å². The van der Waals surface area contributed by atoms with Gasteiger partial charge < -0.3 is 15.2 Å². The molecule has 0 radical (unpaired) electrons. The van der Waals surface area contributed by atoms with Crippen LogP contribution < -0.4 is 15.2 Å². The maximum Gasteiger partial charge on any atom is 0.118 e. The first-order chi connectivity index (χ1) is 9.72. The van der Waals surface area contributed by atoms with Crippen molar-refractivity contribution in [2.45, 2.75) is 18.9 Å². The minimum absolute atomic E-state index is 0.0445. The highest BCUT2D eigenvalue weighted by molar-refractivity contribution is 5.30. The van der Waals surface area contributed by atoms with Gasteiger partial charge in [0.25, 0.3) is 0 Å². The van der Waals surface area contributed by atoms with Gasteiger partial charge in [0.1, 0.15) is 11.5 Å².